The van der Waals surface area contributed by atoms with Gasteiger partial charge in [-0.3, -0.25) is 0 Å². The highest BCUT2D eigenvalue weighted by Crippen LogP contribution is 2.33. The monoisotopic (exact) mass is 203 g/mol. The summed E-state index contributed by atoms with van der Waals surface area (Å²) in [6, 6.07) is 6.87. The molecule has 0 aliphatic heterocycles. The summed E-state index contributed by atoms with van der Waals surface area (Å²) in [6.45, 7) is 4.31. The van der Waals surface area contributed by atoms with Crippen LogP contribution in [0, 0.1) is 19.8 Å². The van der Waals surface area contributed by atoms with E-state index < -0.39 is 0 Å². The van der Waals surface area contributed by atoms with Crippen LogP contribution in [-0.4, -0.2) is 0 Å². The Morgan fingerprint density at radius 3 is 2.53 bits per heavy atom. The van der Waals surface area contributed by atoms with Crippen molar-refractivity contribution in [2.75, 3.05) is 0 Å². The average Bonchev–Trinajstić information content (AvgIpc) is 2.15. The van der Waals surface area contributed by atoms with Crippen LogP contribution in [0.2, 0.25) is 0 Å². The average molecular weight is 203 g/mol. The summed E-state index contributed by atoms with van der Waals surface area (Å²) < 4.78 is 0. The molecule has 0 bridgehead atoms. The molecular formula is C14H21N. The molecule has 1 unspecified atom stereocenters. The molecule has 0 saturated heterocycles. The van der Waals surface area contributed by atoms with Crippen molar-refractivity contribution in [1.29, 1.82) is 0 Å². The minimum Gasteiger partial charge on any atom is -0.324 e. The summed E-state index contributed by atoms with van der Waals surface area (Å²) in [5, 5.41) is 0. The summed E-state index contributed by atoms with van der Waals surface area (Å²) >= 11 is 0. The fourth-order valence-electron chi connectivity index (χ4n) is 2.22. The van der Waals surface area contributed by atoms with Crippen LogP contribution >= 0.6 is 0 Å². The van der Waals surface area contributed by atoms with Crippen LogP contribution in [0.5, 0.6) is 0 Å². The Balaban J connectivity index is 2.03. The third kappa shape index (κ3) is 2.40. The first-order valence-corrected chi connectivity index (χ1v) is 5.99. The number of hydrogen-bond acceptors (Lipinski definition) is 1. The molecule has 0 aromatic heterocycles. The van der Waals surface area contributed by atoms with Gasteiger partial charge in [-0.1, -0.05) is 37.5 Å². The van der Waals surface area contributed by atoms with Crippen molar-refractivity contribution >= 4 is 0 Å². The van der Waals surface area contributed by atoms with Crippen molar-refractivity contribution in [2.24, 2.45) is 11.7 Å². The summed E-state index contributed by atoms with van der Waals surface area (Å²) in [6.07, 6.45) is 5.35. The smallest absolute Gasteiger partial charge is 0.0297 e. The van der Waals surface area contributed by atoms with Gasteiger partial charge < -0.3 is 5.73 Å². The topological polar surface area (TPSA) is 26.0 Å². The Hall–Kier alpha value is -0.820. The zero-order valence-corrected chi connectivity index (χ0v) is 9.79. The first-order valence-electron chi connectivity index (χ1n) is 5.99. The predicted octanol–water partition coefficient (Wildman–Crippen LogP) is 3.49. The largest absolute Gasteiger partial charge is 0.324 e. The molecule has 1 aliphatic carbocycles. The minimum atomic E-state index is 0.245. The van der Waals surface area contributed by atoms with E-state index in [-0.39, 0.29) is 6.04 Å². The third-order valence-electron chi connectivity index (χ3n) is 3.77. The Bertz CT molecular complexity index is 339. The quantitative estimate of drug-likeness (QED) is 0.799. The summed E-state index contributed by atoms with van der Waals surface area (Å²) in [7, 11) is 0. The van der Waals surface area contributed by atoms with E-state index in [2.05, 4.69) is 32.0 Å². The lowest BCUT2D eigenvalue weighted by Gasteiger charge is -2.28. The molecule has 2 N–H and O–H groups in total. The molecule has 1 fully saturated rings. The lowest BCUT2D eigenvalue weighted by atomic mass is 9.79. The van der Waals surface area contributed by atoms with E-state index in [1.54, 1.807) is 0 Å². The van der Waals surface area contributed by atoms with E-state index >= 15 is 0 Å². The molecule has 1 atom stereocenters. The summed E-state index contributed by atoms with van der Waals surface area (Å²) in [4.78, 5) is 0. The SMILES string of the molecule is Cc1ccc(C(N)CC2CCC2)cc1C. The molecule has 1 aliphatic rings. The van der Waals surface area contributed by atoms with Gasteiger partial charge in [0.15, 0.2) is 0 Å². The van der Waals surface area contributed by atoms with Crippen molar-refractivity contribution in [3.63, 3.8) is 0 Å². The number of nitrogens with two attached hydrogens (primary N) is 1. The molecule has 1 saturated carbocycles. The molecular weight excluding hydrogens is 182 g/mol. The fourth-order valence-corrected chi connectivity index (χ4v) is 2.22. The third-order valence-corrected chi connectivity index (χ3v) is 3.77. The molecule has 0 amide bonds. The van der Waals surface area contributed by atoms with Gasteiger partial charge in [0.05, 0.1) is 0 Å². The maximum absolute atomic E-state index is 6.22. The number of rotatable bonds is 3. The predicted molar refractivity (Wildman–Crippen MR) is 64.8 cm³/mol. The van der Waals surface area contributed by atoms with E-state index in [9.17, 15) is 0 Å². The number of benzene rings is 1. The van der Waals surface area contributed by atoms with Crippen molar-refractivity contribution < 1.29 is 0 Å². The first-order chi connectivity index (χ1) is 7.16. The van der Waals surface area contributed by atoms with E-state index in [0.29, 0.717) is 0 Å². The zero-order valence-electron chi connectivity index (χ0n) is 9.79. The Labute approximate surface area is 92.7 Å². The normalized spacial score (nSPS) is 18.6. The summed E-state index contributed by atoms with van der Waals surface area (Å²) in [5.41, 5.74) is 10.2. The Kier molecular flexibility index (Phi) is 3.11. The fraction of sp³-hybridized carbons (Fsp3) is 0.571. The van der Waals surface area contributed by atoms with Gasteiger partial charge in [0.1, 0.15) is 0 Å². The van der Waals surface area contributed by atoms with Gasteiger partial charge in [0, 0.05) is 6.04 Å². The van der Waals surface area contributed by atoms with Crippen molar-refractivity contribution in [2.45, 2.75) is 45.6 Å². The standard InChI is InChI=1S/C14H21N/c1-10-6-7-13(8-11(10)2)14(15)9-12-4-3-5-12/h6-8,12,14H,3-5,9,15H2,1-2H3. The van der Waals surface area contributed by atoms with Crippen molar-refractivity contribution in [1.82, 2.24) is 0 Å². The van der Waals surface area contributed by atoms with E-state index in [4.69, 9.17) is 5.73 Å². The molecule has 1 nitrogen and oxygen atoms in total. The molecule has 0 radical (unpaired) electrons. The Morgan fingerprint density at radius 2 is 2.00 bits per heavy atom. The molecule has 0 spiro atoms. The first kappa shape index (κ1) is 10.7. The number of hydrogen-bond donors (Lipinski definition) is 1. The van der Waals surface area contributed by atoms with E-state index in [1.807, 2.05) is 0 Å². The second-order valence-corrected chi connectivity index (χ2v) is 4.98. The van der Waals surface area contributed by atoms with Crippen LogP contribution in [0.4, 0.5) is 0 Å². The van der Waals surface area contributed by atoms with Gasteiger partial charge in [0.25, 0.3) is 0 Å². The maximum atomic E-state index is 6.22. The van der Waals surface area contributed by atoms with Crippen LogP contribution in [0.3, 0.4) is 0 Å². The molecule has 82 valence electrons. The van der Waals surface area contributed by atoms with Crippen LogP contribution in [0.25, 0.3) is 0 Å². The lowest BCUT2D eigenvalue weighted by Crippen LogP contribution is -2.20. The minimum absolute atomic E-state index is 0.245. The zero-order chi connectivity index (χ0) is 10.8. The highest BCUT2D eigenvalue weighted by molar-refractivity contribution is 5.31. The molecule has 1 aromatic carbocycles. The lowest BCUT2D eigenvalue weighted by molar-refractivity contribution is 0.277. The van der Waals surface area contributed by atoms with Crippen LogP contribution in [-0.2, 0) is 0 Å². The van der Waals surface area contributed by atoms with Gasteiger partial charge in [-0.05, 0) is 42.9 Å². The summed E-state index contributed by atoms with van der Waals surface area (Å²) in [5.74, 6) is 0.890. The van der Waals surface area contributed by atoms with Gasteiger partial charge >= 0.3 is 0 Å². The molecule has 1 heteroatoms. The van der Waals surface area contributed by atoms with Gasteiger partial charge in [0.2, 0.25) is 0 Å². The van der Waals surface area contributed by atoms with Crippen molar-refractivity contribution in [3.8, 4) is 0 Å². The highest BCUT2D eigenvalue weighted by atomic mass is 14.6. The van der Waals surface area contributed by atoms with Gasteiger partial charge in [-0.2, -0.15) is 0 Å². The van der Waals surface area contributed by atoms with Crippen LogP contribution < -0.4 is 5.73 Å². The van der Waals surface area contributed by atoms with Gasteiger partial charge in [-0.25, -0.2) is 0 Å². The second kappa shape index (κ2) is 4.36. The van der Waals surface area contributed by atoms with E-state index in [0.717, 1.165) is 5.92 Å². The molecule has 15 heavy (non-hydrogen) atoms. The van der Waals surface area contributed by atoms with Crippen molar-refractivity contribution in [3.05, 3.63) is 34.9 Å². The maximum Gasteiger partial charge on any atom is 0.0297 e. The molecule has 2 rings (SSSR count). The Morgan fingerprint density at radius 1 is 1.27 bits per heavy atom. The molecule has 1 aromatic rings. The highest BCUT2D eigenvalue weighted by Gasteiger charge is 2.20. The van der Waals surface area contributed by atoms with Crippen LogP contribution in [0.15, 0.2) is 18.2 Å². The number of aryl methyl sites for hydroxylation is 2. The molecule has 0 heterocycles. The van der Waals surface area contributed by atoms with E-state index in [1.165, 1.54) is 42.4 Å². The second-order valence-electron chi connectivity index (χ2n) is 4.98. The van der Waals surface area contributed by atoms with Gasteiger partial charge in [-0.15, -0.1) is 0 Å². The van der Waals surface area contributed by atoms with Crippen LogP contribution in [0.1, 0.15) is 48.4 Å².